The molecule has 102 valence electrons. The third-order valence-electron chi connectivity index (χ3n) is 3.08. The first-order valence-corrected chi connectivity index (χ1v) is 7.12. The lowest BCUT2D eigenvalue weighted by Gasteiger charge is -2.05. The van der Waals surface area contributed by atoms with Crippen LogP contribution in [0.4, 0.5) is 5.13 Å². The van der Waals surface area contributed by atoms with Gasteiger partial charge in [-0.05, 0) is 17.7 Å². The molecule has 3 aromatic rings. The van der Waals surface area contributed by atoms with Crippen LogP contribution in [0.25, 0.3) is 10.9 Å². The lowest BCUT2D eigenvalue weighted by molar-refractivity contribution is 0.0947. The first-order valence-electron chi connectivity index (χ1n) is 6.24. The van der Waals surface area contributed by atoms with Gasteiger partial charge in [0.1, 0.15) is 5.69 Å². The number of rotatable bonds is 4. The van der Waals surface area contributed by atoms with Crippen molar-refractivity contribution < 1.29 is 4.79 Å². The van der Waals surface area contributed by atoms with E-state index in [9.17, 15) is 4.79 Å². The molecule has 0 unspecified atom stereocenters. The minimum atomic E-state index is -0.157. The zero-order valence-corrected chi connectivity index (χ0v) is 11.8. The number of carbonyl (C=O) groups excluding carboxylic acids is 1. The van der Waals surface area contributed by atoms with Crippen LogP contribution in [-0.4, -0.2) is 22.9 Å². The first-order chi connectivity index (χ1) is 9.78. The van der Waals surface area contributed by atoms with E-state index in [1.807, 2.05) is 30.5 Å². The Kier molecular flexibility index (Phi) is 3.39. The van der Waals surface area contributed by atoms with Crippen molar-refractivity contribution >= 4 is 33.3 Å². The van der Waals surface area contributed by atoms with Crippen molar-refractivity contribution in [3.8, 4) is 0 Å². The SMILES string of the molecule is CNc1nc(C(=O)NCc2cccc3[nH]ccc23)cs1. The zero-order chi connectivity index (χ0) is 13.9. The van der Waals surface area contributed by atoms with E-state index in [-0.39, 0.29) is 5.91 Å². The molecule has 0 radical (unpaired) electrons. The molecule has 3 rings (SSSR count). The maximum absolute atomic E-state index is 12.0. The molecular weight excluding hydrogens is 272 g/mol. The maximum Gasteiger partial charge on any atom is 0.271 e. The monoisotopic (exact) mass is 286 g/mol. The molecule has 0 bridgehead atoms. The van der Waals surface area contributed by atoms with Crippen LogP contribution in [0.2, 0.25) is 0 Å². The molecule has 0 fully saturated rings. The summed E-state index contributed by atoms with van der Waals surface area (Å²) in [4.78, 5) is 19.4. The number of aromatic nitrogens is 2. The summed E-state index contributed by atoms with van der Waals surface area (Å²) in [5, 5.41) is 9.43. The zero-order valence-electron chi connectivity index (χ0n) is 10.9. The molecule has 0 atom stereocenters. The highest BCUT2D eigenvalue weighted by atomic mass is 32.1. The number of aromatic amines is 1. The van der Waals surface area contributed by atoms with E-state index in [1.54, 1.807) is 12.4 Å². The Morgan fingerprint density at radius 3 is 3.10 bits per heavy atom. The Morgan fingerprint density at radius 2 is 2.30 bits per heavy atom. The van der Waals surface area contributed by atoms with Crippen LogP contribution < -0.4 is 10.6 Å². The van der Waals surface area contributed by atoms with Gasteiger partial charge in [0.15, 0.2) is 5.13 Å². The Balaban J connectivity index is 1.73. The predicted octanol–water partition coefficient (Wildman–Crippen LogP) is 2.60. The molecule has 2 aromatic heterocycles. The van der Waals surface area contributed by atoms with Crippen LogP contribution in [0.15, 0.2) is 35.8 Å². The summed E-state index contributed by atoms with van der Waals surface area (Å²) in [6.07, 6.45) is 1.90. The molecule has 1 aromatic carbocycles. The minimum Gasteiger partial charge on any atom is -0.365 e. The molecule has 2 heterocycles. The van der Waals surface area contributed by atoms with E-state index >= 15 is 0 Å². The number of carbonyl (C=O) groups is 1. The van der Waals surface area contributed by atoms with Gasteiger partial charge in [-0.25, -0.2) is 4.98 Å². The molecule has 0 spiro atoms. The number of thiazole rings is 1. The van der Waals surface area contributed by atoms with Gasteiger partial charge in [-0.2, -0.15) is 0 Å². The van der Waals surface area contributed by atoms with Crippen LogP contribution >= 0.6 is 11.3 Å². The van der Waals surface area contributed by atoms with Crippen LogP contribution in [0.3, 0.4) is 0 Å². The third-order valence-corrected chi connectivity index (χ3v) is 3.94. The lowest BCUT2D eigenvalue weighted by Crippen LogP contribution is -2.23. The average molecular weight is 286 g/mol. The predicted molar refractivity (Wildman–Crippen MR) is 81.1 cm³/mol. The number of hydrogen-bond donors (Lipinski definition) is 3. The highest BCUT2D eigenvalue weighted by molar-refractivity contribution is 7.13. The summed E-state index contributed by atoms with van der Waals surface area (Å²) >= 11 is 1.42. The van der Waals surface area contributed by atoms with E-state index in [4.69, 9.17) is 0 Å². The summed E-state index contributed by atoms with van der Waals surface area (Å²) in [6, 6.07) is 8.01. The Morgan fingerprint density at radius 1 is 1.40 bits per heavy atom. The van der Waals surface area contributed by atoms with E-state index in [0.29, 0.717) is 12.2 Å². The summed E-state index contributed by atoms with van der Waals surface area (Å²) < 4.78 is 0. The van der Waals surface area contributed by atoms with Crippen molar-refractivity contribution in [1.82, 2.24) is 15.3 Å². The highest BCUT2D eigenvalue weighted by Crippen LogP contribution is 2.18. The molecule has 0 aliphatic rings. The number of benzene rings is 1. The maximum atomic E-state index is 12.0. The van der Waals surface area contributed by atoms with Crippen LogP contribution in [0.1, 0.15) is 16.1 Å². The topological polar surface area (TPSA) is 69.8 Å². The normalized spacial score (nSPS) is 10.7. The van der Waals surface area contributed by atoms with Gasteiger partial charge in [0.25, 0.3) is 5.91 Å². The smallest absolute Gasteiger partial charge is 0.271 e. The van der Waals surface area contributed by atoms with Crippen molar-refractivity contribution in [2.24, 2.45) is 0 Å². The fourth-order valence-corrected chi connectivity index (χ4v) is 2.72. The molecule has 20 heavy (non-hydrogen) atoms. The first kappa shape index (κ1) is 12.7. The molecule has 3 N–H and O–H groups in total. The quantitative estimate of drug-likeness (QED) is 0.690. The number of nitrogens with one attached hydrogen (secondary N) is 3. The van der Waals surface area contributed by atoms with Gasteiger partial charge in [0.05, 0.1) is 0 Å². The molecule has 6 heteroatoms. The molecule has 1 amide bonds. The second kappa shape index (κ2) is 5.34. The molecule has 0 saturated heterocycles. The number of anilines is 1. The summed E-state index contributed by atoms with van der Waals surface area (Å²) in [5.41, 5.74) is 2.60. The van der Waals surface area contributed by atoms with E-state index in [2.05, 4.69) is 20.6 Å². The summed E-state index contributed by atoms with van der Waals surface area (Å²) in [6.45, 7) is 0.487. The van der Waals surface area contributed by atoms with E-state index in [1.165, 1.54) is 11.3 Å². The second-order valence-electron chi connectivity index (χ2n) is 4.33. The van der Waals surface area contributed by atoms with E-state index in [0.717, 1.165) is 21.6 Å². The fraction of sp³-hybridized carbons (Fsp3) is 0.143. The second-order valence-corrected chi connectivity index (χ2v) is 5.18. The van der Waals surface area contributed by atoms with Crippen molar-refractivity contribution in [2.45, 2.75) is 6.54 Å². The number of H-pyrrole nitrogens is 1. The molecule has 0 aliphatic heterocycles. The molecule has 0 aliphatic carbocycles. The molecular formula is C14H14N4OS. The van der Waals surface area contributed by atoms with Gasteiger partial charge in [0.2, 0.25) is 0 Å². The van der Waals surface area contributed by atoms with Gasteiger partial charge in [-0.15, -0.1) is 11.3 Å². The summed E-state index contributed by atoms with van der Waals surface area (Å²) in [5.74, 6) is -0.157. The van der Waals surface area contributed by atoms with Gasteiger partial charge in [-0.3, -0.25) is 4.79 Å². The number of fused-ring (bicyclic) bond motifs is 1. The number of hydrogen-bond acceptors (Lipinski definition) is 4. The standard InChI is InChI=1S/C14H14N4OS/c1-15-14-18-12(8-20-14)13(19)17-7-9-3-2-4-11-10(9)5-6-16-11/h2-6,8,16H,7H2,1H3,(H,15,18)(H,17,19). The largest absolute Gasteiger partial charge is 0.365 e. The van der Waals surface area contributed by atoms with Gasteiger partial charge < -0.3 is 15.6 Å². The summed E-state index contributed by atoms with van der Waals surface area (Å²) in [7, 11) is 1.78. The van der Waals surface area contributed by atoms with Crippen molar-refractivity contribution in [3.05, 3.63) is 47.1 Å². The molecule has 5 nitrogen and oxygen atoms in total. The van der Waals surface area contributed by atoms with Gasteiger partial charge in [0, 0.05) is 36.1 Å². The number of nitrogens with zero attached hydrogens (tertiary/aromatic N) is 1. The van der Waals surface area contributed by atoms with Crippen molar-refractivity contribution in [3.63, 3.8) is 0 Å². The van der Waals surface area contributed by atoms with Gasteiger partial charge >= 0.3 is 0 Å². The fourth-order valence-electron chi connectivity index (χ4n) is 2.06. The van der Waals surface area contributed by atoms with Gasteiger partial charge in [-0.1, -0.05) is 12.1 Å². The minimum absolute atomic E-state index is 0.157. The van der Waals surface area contributed by atoms with Crippen LogP contribution in [-0.2, 0) is 6.54 Å². The third kappa shape index (κ3) is 2.37. The van der Waals surface area contributed by atoms with Crippen LogP contribution in [0.5, 0.6) is 0 Å². The Bertz CT molecular complexity index is 746. The lowest BCUT2D eigenvalue weighted by atomic mass is 10.1. The molecule has 0 saturated carbocycles. The highest BCUT2D eigenvalue weighted by Gasteiger charge is 2.10. The average Bonchev–Trinajstić information content (AvgIpc) is 3.13. The number of amides is 1. The Hall–Kier alpha value is -2.34. The van der Waals surface area contributed by atoms with Crippen LogP contribution in [0, 0.1) is 0 Å². The Labute approximate surface area is 120 Å². The van der Waals surface area contributed by atoms with Crippen molar-refractivity contribution in [2.75, 3.05) is 12.4 Å². The van der Waals surface area contributed by atoms with E-state index < -0.39 is 0 Å². The van der Waals surface area contributed by atoms with Crippen molar-refractivity contribution in [1.29, 1.82) is 0 Å².